The predicted octanol–water partition coefficient (Wildman–Crippen LogP) is 4.24. The highest BCUT2D eigenvalue weighted by molar-refractivity contribution is 6.30. The number of furan rings is 1. The van der Waals surface area contributed by atoms with Crippen molar-refractivity contribution in [1.82, 2.24) is 10.2 Å². The van der Waals surface area contributed by atoms with Crippen LogP contribution < -0.4 is 5.32 Å². The molecule has 0 amide bonds. The summed E-state index contributed by atoms with van der Waals surface area (Å²) < 4.78 is 5.62. The minimum absolute atomic E-state index is 0.645. The van der Waals surface area contributed by atoms with E-state index >= 15 is 0 Å². The van der Waals surface area contributed by atoms with E-state index in [0.29, 0.717) is 11.6 Å². The van der Waals surface area contributed by atoms with Crippen LogP contribution in [0, 0.1) is 6.92 Å². The monoisotopic (exact) mass is 287 g/mol. The summed E-state index contributed by atoms with van der Waals surface area (Å²) in [7, 11) is 0. The van der Waals surface area contributed by atoms with Gasteiger partial charge in [0.15, 0.2) is 5.76 Å². The van der Waals surface area contributed by atoms with E-state index in [1.54, 1.807) is 6.20 Å². The standard InChI is InChI=1S/C15H14ClN3O/c1-10-5-6-14(20-10)15-11(9-18-19-15)8-17-13-4-2-3-12(16)7-13/h2-7,9,17H,8H2,1H3,(H,18,19). The molecule has 0 saturated heterocycles. The minimum Gasteiger partial charge on any atom is -0.460 e. The third-order valence-electron chi connectivity index (χ3n) is 3.01. The summed E-state index contributed by atoms with van der Waals surface area (Å²) in [6.45, 7) is 2.57. The number of aromatic nitrogens is 2. The van der Waals surface area contributed by atoms with Gasteiger partial charge in [-0.1, -0.05) is 17.7 Å². The second-order valence-electron chi connectivity index (χ2n) is 4.54. The Morgan fingerprint density at radius 1 is 1.30 bits per heavy atom. The second kappa shape index (κ2) is 5.43. The van der Waals surface area contributed by atoms with E-state index in [1.165, 1.54) is 0 Å². The van der Waals surface area contributed by atoms with Gasteiger partial charge in [-0.25, -0.2) is 0 Å². The number of anilines is 1. The molecule has 0 aliphatic carbocycles. The molecule has 4 nitrogen and oxygen atoms in total. The molecule has 0 bridgehead atoms. The third kappa shape index (κ3) is 2.70. The summed E-state index contributed by atoms with van der Waals surface area (Å²) in [4.78, 5) is 0. The van der Waals surface area contributed by atoms with Crippen LogP contribution in [-0.4, -0.2) is 10.2 Å². The van der Waals surface area contributed by atoms with Crippen molar-refractivity contribution >= 4 is 17.3 Å². The van der Waals surface area contributed by atoms with Gasteiger partial charge in [0.1, 0.15) is 11.5 Å². The highest BCUT2D eigenvalue weighted by atomic mass is 35.5. The van der Waals surface area contributed by atoms with E-state index in [2.05, 4.69) is 15.5 Å². The van der Waals surface area contributed by atoms with Gasteiger partial charge in [0, 0.05) is 22.8 Å². The van der Waals surface area contributed by atoms with Crippen LogP contribution in [0.2, 0.25) is 5.02 Å². The summed E-state index contributed by atoms with van der Waals surface area (Å²) in [5.41, 5.74) is 2.91. The average Bonchev–Trinajstić information content (AvgIpc) is 3.04. The maximum absolute atomic E-state index is 5.96. The van der Waals surface area contributed by atoms with E-state index in [4.69, 9.17) is 16.0 Å². The van der Waals surface area contributed by atoms with Crippen LogP contribution in [0.1, 0.15) is 11.3 Å². The normalized spacial score (nSPS) is 10.7. The molecule has 2 heterocycles. The Morgan fingerprint density at radius 3 is 2.95 bits per heavy atom. The van der Waals surface area contributed by atoms with E-state index in [1.807, 2.05) is 43.3 Å². The van der Waals surface area contributed by atoms with Gasteiger partial charge in [-0.3, -0.25) is 5.10 Å². The number of H-pyrrole nitrogens is 1. The van der Waals surface area contributed by atoms with Crippen LogP contribution in [0.25, 0.3) is 11.5 Å². The van der Waals surface area contributed by atoms with Crippen molar-refractivity contribution < 1.29 is 4.42 Å². The fraction of sp³-hybridized carbons (Fsp3) is 0.133. The zero-order valence-electron chi connectivity index (χ0n) is 11.0. The van der Waals surface area contributed by atoms with Crippen molar-refractivity contribution in [2.24, 2.45) is 0 Å². The van der Waals surface area contributed by atoms with Crippen molar-refractivity contribution in [2.75, 3.05) is 5.32 Å². The topological polar surface area (TPSA) is 53.9 Å². The Bertz CT molecular complexity index is 717. The van der Waals surface area contributed by atoms with Crippen LogP contribution in [0.3, 0.4) is 0 Å². The highest BCUT2D eigenvalue weighted by Gasteiger charge is 2.10. The molecule has 3 rings (SSSR count). The van der Waals surface area contributed by atoms with Crippen molar-refractivity contribution in [3.63, 3.8) is 0 Å². The maximum Gasteiger partial charge on any atom is 0.152 e. The largest absolute Gasteiger partial charge is 0.460 e. The lowest BCUT2D eigenvalue weighted by molar-refractivity contribution is 0.545. The minimum atomic E-state index is 0.645. The Hall–Kier alpha value is -2.20. The number of nitrogens with one attached hydrogen (secondary N) is 2. The number of aryl methyl sites for hydroxylation is 1. The quantitative estimate of drug-likeness (QED) is 0.754. The number of hydrogen-bond donors (Lipinski definition) is 2. The number of aromatic amines is 1. The Labute approximate surface area is 121 Å². The molecule has 0 radical (unpaired) electrons. The smallest absolute Gasteiger partial charge is 0.152 e. The summed E-state index contributed by atoms with van der Waals surface area (Å²) in [6, 6.07) is 11.5. The number of halogens is 1. The number of hydrogen-bond acceptors (Lipinski definition) is 3. The highest BCUT2D eigenvalue weighted by Crippen LogP contribution is 2.24. The molecule has 0 spiro atoms. The van der Waals surface area contributed by atoms with Crippen LogP contribution >= 0.6 is 11.6 Å². The lowest BCUT2D eigenvalue weighted by atomic mass is 10.2. The summed E-state index contributed by atoms with van der Waals surface area (Å²) in [5, 5.41) is 11.1. The van der Waals surface area contributed by atoms with Gasteiger partial charge in [0.2, 0.25) is 0 Å². The number of rotatable bonds is 4. The van der Waals surface area contributed by atoms with Crippen molar-refractivity contribution in [1.29, 1.82) is 0 Å². The fourth-order valence-electron chi connectivity index (χ4n) is 2.02. The molecule has 0 unspecified atom stereocenters. The molecule has 20 heavy (non-hydrogen) atoms. The SMILES string of the molecule is Cc1ccc(-c2[nH]ncc2CNc2cccc(Cl)c2)o1. The predicted molar refractivity (Wildman–Crippen MR) is 79.8 cm³/mol. The molecule has 2 N–H and O–H groups in total. The van der Waals surface area contributed by atoms with Crippen LogP contribution in [0.15, 0.2) is 47.0 Å². The molecule has 1 aromatic carbocycles. The molecule has 5 heteroatoms. The van der Waals surface area contributed by atoms with Crippen LogP contribution in [0.5, 0.6) is 0 Å². The number of nitrogens with zero attached hydrogens (tertiary/aromatic N) is 1. The summed E-state index contributed by atoms with van der Waals surface area (Å²) in [6.07, 6.45) is 1.80. The molecule has 0 aliphatic heterocycles. The molecule has 0 aliphatic rings. The van der Waals surface area contributed by atoms with E-state index < -0.39 is 0 Å². The molecule has 2 aromatic heterocycles. The van der Waals surface area contributed by atoms with Gasteiger partial charge in [-0.2, -0.15) is 5.10 Å². The van der Waals surface area contributed by atoms with Crippen LogP contribution in [-0.2, 0) is 6.54 Å². The molecule has 0 fully saturated rings. The first-order chi connectivity index (χ1) is 9.72. The lowest BCUT2D eigenvalue weighted by Crippen LogP contribution is -1.99. The average molecular weight is 288 g/mol. The Morgan fingerprint density at radius 2 is 2.20 bits per heavy atom. The first-order valence-electron chi connectivity index (χ1n) is 6.31. The molecule has 0 saturated carbocycles. The van der Waals surface area contributed by atoms with Crippen LogP contribution in [0.4, 0.5) is 5.69 Å². The van der Waals surface area contributed by atoms with Crippen molar-refractivity contribution in [2.45, 2.75) is 13.5 Å². The van der Waals surface area contributed by atoms with Gasteiger partial charge in [-0.15, -0.1) is 0 Å². The van der Waals surface area contributed by atoms with E-state index in [9.17, 15) is 0 Å². The van der Waals surface area contributed by atoms with Crippen molar-refractivity contribution in [3.05, 3.63) is 58.9 Å². The van der Waals surface area contributed by atoms with Gasteiger partial charge in [0.25, 0.3) is 0 Å². The first kappa shape index (κ1) is 12.8. The van der Waals surface area contributed by atoms with E-state index in [0.717, 1.165) is 28.5 Å². The molecule has 0 atom stereocenters. The molecular weight excluding hydrogens is 274 g/mol. The second-order valence-corrected chi connectivity index (χ2v) is 4.98. The zero-order chi connectivity index (χ0) is 13.9. The third-order valence-corrected chi connectivity index (χ3v) is 3.25. The molecular formula is C15H14ClN3O. The fourth-order valence-corrected chi connectivity index (χ4v) is 2.21. The van der Waals surface area contributed by atoms with Gasteiger partial charge in [-0.05, 0) is 37.3 Å². The molecule has 3 aromatic rings. The van der Waals surface area contributed by atoms with Gasteiger partial charge < -0.3 is 9.73 Å². The van der Waals surface area contributed by atoms with Gasteiger partial charge >= 0.3 is 0 Å². The zero-order valence-corrected chi connectivity index (χ0v) is 11.7. The summed E-state index contributed by atoms with van der Waals surface area (Å²) in [5.74, 6) is 1.67. The Kier molecular flexibility index (Phi) is 3.48. The number of benzene rings is 1. The van der Waals surface area contributed by atoms with E-state index in [-0.39, 0.29) is 0 Å². The lowest BCUT2D eigenvalue weighted by Gasteiger charge is -2.06. The first-order valence-corrected chi connectivity index (χ1v) is 6.68. The molecule has 102 valence electrons. The maximum atomic E-state index is 5.96. The van der Waals surface area contributed by atoms with Gasteiger partial charge in [0.05, 0.1) is 6.20 Å². The Balaban J connectivity index is 1.77. The van der Waals surface area contributed by atoms with Crippen molar-refractivity contribution in [3.8, 4) is 11.5 Å². The summed E-state index contributed by atoms with van der Waals surface area (Å²) >= 11 is 5.96.